The van der Waals surface area contributed by atoms with Crippen LogP contribution < -0.4 is 11.5 Å². The molecule has 2 atom stereocenters. The van der Waals surface area contributed by atoms with Crippen LogP contribution in [0, 0.1) is 0 Å². The zero-order chi connectivity index (χ0) is 5.98. The molecule has 0 radical (unpaired) electrons. The van der Waals surface area contributed by atoms with Crippen molar-refractivity contribution >= 4 is 0 Å². The second kappa shape index (κ2) is 5.61. The molecule has 1 rings (SSSR count). The largest absolute Gasteiger partial charge is 0.412 e. The molecule has 0 aromatic heterocycles. The van der Waals surface area contributed by atoms with Crippen LogP contribution in [-0.2, 0) is 0 Å². The second-order valence-electron chi connectivity index (χ2n) is 2.61. The number of hydrogen-bond donors (Lipinski definition) is 2. The fourth-order valence-corrected chi connectivity index (χ4v) is 1.19. The molecule has 1 fully saturated rings. The minimum atomic E-state index is 0. The predicted molar refractivity (Wildman–Crippen MR) is 41.6 cm³/mol. The Kier molecular flexibility index (Phi) is 7.02. The van der Waals surface area contributed by atoms with Crippen LogP contribution in [0.4, 0.5) is 0 Å². The van der Waals surface area contributed by atoms with Crippen molar-refractivity contribution in [3.8, 4) is 0 Å². The maximum absolute atomic E-state index is 5.65. The Balaban J connectivity index is 0. The Hall–Kier alpha value is -0.160. The predicted octanol–water partition coefficient (Wildman–Crippen LogP) is -1.43. The maximum atomic E-state index is 5.65. The lowest BCUT2D eigenvalue weighted by Gasteiger charge is -2.24. The summed E-state index contributed by atoms with van der Waals surface area (Å²) in [5.74, 6) is 0. The zero-order valence-electron chi connectivity index (χ0n) is 6.14. The lowest BCUT2D eigenvalue weighted by Crippen LogP contribution is -2.43. The highest BCUT2D eigenvalue weighted by molar-refractivity contribution is 4.79. The Bertz CT molecular complexity index is 70.1. The standard InChI is InChI=1S/C6H14N2.2H2O/c7-5-3-1-2-4-6(5)8;;/h5-6H,1-4,7-8H2;2*1H2/t5-,6+;;. The van der Waals surface area contributed by atoms with E-state index in [-0.39, 0.29) is 23.0 Å². The van der Waals surface area contributed by atoms with Gasteiger partial charge in [-0.3, -0.25) is 0 Å². The molecule has 0 bridgehead atoms. The monoisotopic (exact) mass is 150 g/mol. The van der Waals surface area contributed by atoms with Gasteiger partial charge in [-0.2, -0.15) is 0 Å². The maximum Gasteiger partial charge on any atom is 0.0192 e. The van der Waals surface area contributed by atoms with Gasteiger partial charge in [0.25, 0.3) is 0 Å². The molecule has 0 aromatic rings. The Labute approximate surface area is 61.2 Å². The van der Waals surface area contributed by atoms with Crippen molar-refractivity contribution in [3.63, 3.8) is 0 Å². The molecule has 1 aliphatic rings. The van der Waals surface area contributed by atoms with Gasteiger partial charge < -0.3 is 22.4 Å². The first-order chi connectivity index (χ1) is 3.80. The first kappa shape index (κ1) is 12.5. The van der Waals surface area contributed by atoms with Gasteiger partial charge in [-0.15, -0.1) is 0 Å². The molecule has 64 valence electrons. The minimum Gasteiger partial charge on any atom is -0.412 e. The number of nitrogens with two attached hydrogens (primary N) is 2. The van der Waals surface area contributed by atoms with Crippen molar-refractivity contribution in [3.05, 3.63) is 0 Å². The van der Waals surface area contributed by atoms with E-state index in [1.807, 2.05) is 0 Å². The highest BCUT2D eigenvalue weighted by atomic mass is 16.0. The van der Waals surface area contributed by atoms with Gasteiger partial charge in [-0.05, 0) is 12.8 Å². The Morgan fingerprint density at radius 1 is 0.800 bits per heavy atom. The average Bonchev–Trinajstić information content (AvgIpc) is 1.77. The van der Waals surface area contributed by atoms with Crippen LogP contribution in [0.5, 0.6) is 0 Å². The lowest BCUT2D eigenvalue weighted by atomic mass is 9.92. The van der Waals surface area contributed by atoms with E-state index in [0.717, 1.165) is 12.8 Å². The highest BCUT2D eigenvalue weighted by Crippen LogP contribution is 2.14. The van der Waals surface area contributed by atoms with Crippen molar-refractivity contribution in [1.29, 1.82) is 0 Å². The van der Waals surface area contributed by atoms with E-state index < -0.39 is 0 Å². The van der Waals surface area contributed by atoms with Crippen LogP contribution in [0.3, 0.4) is 0 Å². The molecule has 0 aromatic carbocycles. The van der Waals surface area contributed by atoms with Gasteiger partial charge in [0.15, 0.2) is 0 Å². The van der Waals surface area contributed by atoms with Gasteiger partial charge >= 0.3 is 0 Å². The van der Waals surface area contributed by atoms with E-state index in [4.69, 9.17) is 11.5 Å². The first-order valence-electron chi connectivity index (χ1n) is 3.32. The number of hydrogen-bond acceptors (Lipinski definition) is 2. The molecule has 0 heterocycles. The quantitative estimate of drug-likeness (QED) is 0.440. The summed E-state index contributed by atoms with van der Waals surface area (Å²) in [6, 6.07) is 0.562. The summed E-state index contributed by atoms with van der Waals surface area (Å²) < 4.78 is 0. The third-order valence-corrected chi connectivity index (χ3v) is 1.87. The van der Waals surface area contributed by atoms with Crippen molar-refractivity contribution in [2.24, 2.45) is 11.5 Å². The summed E-state index contributed by atoms with van der Waals surface area (Å²) >= 11 is 0. The molecule has 4 nitrogen and oxygen atoms in total. The molecule has 10 heavy (non-hydrogen) atoms. The van der Waals surface area contributed by atoms with Crippen molar-refractivity contribution in [2.75, 3.05) is 0 Å². The molecule has 0 saturated heterocycles. The fourth-order valence-electron chi connectivity index (χ4n) is 1.19. The van der Waals surface area contributed by atoms with E-state index in [1.54, 1.807) is 0 Å². The van der Waals surface area contributed by atoms with Gasteiger partial charge in [0, 0.05) is 12.1 Å². The first-order valence-corrected chi connectivity index (χ1v) is 3.32. The van der Waals surface area contributed by atoms with E-state index in [0.29, 0.717) is 0 Å². The second-order valence-corrected chi connectivity index (χ2v) is 2.61. The van der Waals surface area contributed by atoms with Crippen molar-refractivity contribution < 1.29 is 11.0 Å². The molecule has 0 spiro atoms. The SMILES string of the molecule is N[C@@H]1CCCC[C@@H]1N.O.O. The lowest BCUT2D eigenvalue weighted by molar-refractivity contribution is 0.385. The number of rotatable bonds is 0. The molecule has 1 aliphatic carbocycles. The van der Waals surface area contributed by atoms with Gasteiger partial charge in [-0.25, -0.2) is 0 Å². The summed E-state index contributed by atoms with van der Waals surface area (Å²) in [6.45, 7) is 0. The third kappa shape index (κ3) is 3.12. The van der Waals surface area contributed by atoms with Gasteiger partial charge in [-0.1, -0.05) is 12.8 Å². The van der Waals surface area contributed by atoms with Crippen LogP contribution in [0.25, 0.3) is 0 Å². The van der Waals surface area contributed by atoms with Crippen LogP contribution >= 0.6 is 0 Å². The van der Waals surface area contributed by atoms with E-state index in [1.165, 1.54) is 12.8 Å². The summed E-state index contributed by atoms with van der Waals surface area (Å²) in [7, 11) is 0. The topological polar surface area (TPSA) is 115 Å². The smallest absolute Gasteiger partial charge is 0.0192 e. The highest BCUT2D eigenvalue weighted by Gasteiger charge is 2.16. The van der Waals surface area contributed by atoms with E-state index >= 15 is 0 Å². The molecule has 0 unspecified atom stereocenters. The molecule has 0 aliphatic heterocycles. The normalized spacial score (nSPS) is 31.8. The summed E-state index contributed by atoms with van der Waals surface area (Å²) in [5.41, 5.74) is 11.3. The molecule has 4 heteroatoms. The van der Waals surface area contributed by atoms with Gasteiger partial charge in [0.2, 0.25) is 0 Å². The molecule has 0 amide bonds. The molecular formula is C6H18N2O2. The molecule has 1 saturated carbocycles. The van der Waals surface area contributed by atoms with Crippen molar-refractivity contribution in [1.82, 2.24) is 0 Å². The van der Waals surface area contributed by atoms with Crippen LogP contribution in [-0.4, -0.2) is 23.0 Å². The van der Waals surface area contributed by atoms with Crippen LogP contribution in [0.15, 0.2) is 0 Å². The zero-order valence-corrected chi connectivity index (χ0v) is 6.14. The van der Waals surface area contributed by atoms with E-state index in [9.17, 15) is 0 Å². The van der Waals surface area contributed by atoms with Crippen molar-refractivity contribution in [2.45, 2.75) is 37.8 Å². The Morgan fingerprint density at radius 3 is 1.30 bits per heavy atom. The molecule has 8 N–H and O–H groups in total. The summed E-state index contributed by atoms with van der Waals surface area (Å²) in [4.78, 5) is 0. The molecular weight excluding hydrogens is 132 g/mol. The van der Waals surface area contributed by atoms with Gasteiger partial charge in [0.05, 0.1) is 0 Å². The van der Waals surface area contributed by atoms with Gasteiger partial charge in [0.1, 0.15) is 0 Å². The summed E-state index contributed by atoms with van der Waals surface area (Å²) in [5, 5.41) is 0. The minimum absolute atomic E-state index is 0. The average molecular weight is 150 g/mol. The Morgan fingerprint density at radius 2 is 1.10 bits per heavy atom. The van der Waals surface area contributed by atoms with E-state index in [2.05, 4.69) is 0 Å². The van der Waals surface area contributed by atoms with Crippen LogP contribution in [0.1, 0.15) is 25.7 Å². The van der Waals surface area contributed by atoms with Crippen LogP contribution in [0.2, 0.25) is 0 Å². The summed E-state index contributed by atoms with van der Waals surface area (Å²) in [6.07, 6.45) is 4.80. The third-order valence-electron chi connectivity index (χ3n) is 1.87. The fraction of sp³-hybridized carbons (Fsp3) is 1.00.